The van der Waals surface area contributed by atoms with Crippen molar-refractivity contribution in [3.63, 3.8) is 0 Å². The monoisotopic (exact) mass is 1270 g/mol. The van der Waals surface area contributed by atoms with Gasteiger partial charge in [-0.2, -0.15) is 0 Å². The van der Waals surface area contributed by atoms with Crippen LogP contribution in [0.4, 0.5) is 0 Å². The van der Waals surface area contributed by atoms with E-state index in [9.17, 15) is 39.0 Å². The molecule has 13 unspecified atom stereocenters. The second-order valence-corrected chi connectivity index (χ2v) is 31.0. The van der Waals surface area contributed by atoms with Gasteiger partial charge in [0.15, 0.2) is 0 Å². The maximum Gasteiger partial charge on any atom is 0.311 e. The Kier molecular flexibility index (Phi) is 24.2. The van der Waals surface area contributed by atoms with Crippen LogP contribution in [0.2, 0.25) is 0 Å². The van der Waals surface area contributed by atoms with Crippen molar-refractivity contribution >= 4 is 35.8 Å². The van der Waals surface area contributed by atoms with Crippen molar-refractivity contribution in [1.29, 1.82) is 0 Å². The number of fused-ring (bicyclic) bond motifs is 2. The number of phenols is 2. The zero-order chi connectivity index (χ0) is 67.9. The third-order valence-electron chi connectivity index (χ3n) is 21.5. The maximum atomic E-state index is 12.3. The molecule has 0 amide bonds. The highest BCUT2D eigenvalue weighted by Crippen LogP contribution is 2.60. The molecule has 16 heteroatoms. The fraction of sp³-hybridized carbons (Fsp3) is 0.680. The number of rotatable bonds is 19. The van der Waals surface area contributed by atoms with E-state index in [1.165, 1.54) is 48.8 Å². The summed E-state index contributed by atoms with van der Waals surface area (Å²) in [6, 6.07) is 23.5. The van der Waals surface area contributed by atoms with Crippen LogP contribution >= 0.6 is 0 Å². The number of aromatic hydroxyl groups is 2. The van der Waals surface area contributed by atoms with Crippen LogP contribution in [-0.4, -0.2) is 93.1 Å². The average Bonchev–Trinajstić information content (AvgIpc) is 1.57. The summed E-state index contributed by atoms with van der Waals surface area (Å²) in [6.45, 7) is 37.7. The zero-order valence-electron chi connectivity index (χ0n) is 57.9. The fourth-order valence-corrected chi connectivity index (χ4v) is 13.4. The molecule has 4 bridgehead atoms. The van der Waals surface area contributed by atoms with Crippen LogP contribution in [0, 0.1) is 63.6 Å². The van der Waals surface area contributed by atoms with Gasteiger partial charge in [-0.05, 0) is 160 Å². The standard InChI is InChI=1S/C23H38O2.2C15H20O6.2C11H16O/c1-7-23(5,6)18-13-15-20(16-14-18)25-21(17-22(2,3)4)24-19-11-9-8-10-12-19;2*1-4-15(2,3)14(19)21-11-6-5-7-9(8(6)12(16)17)13(18)20-10(7)11;2*1-4-11(2,3)9-5-7-10(12)8-6-9/h13-16,19,21H,7-12,17H2,1-6H3;2*6-11H,4-5H2,1-3H3,(H,16,17);2*5-8,12H,4H2,1-3H3. The number of esters is 4. The molecule has 0 aromatic heterocycles. The first kappa shape index (κ1) is 73.9. The van der Waals surface area contributed by atoms with E-state index < -0.39 is 82.8 Å². The van der Waals surface area contributed by atoms with Crippen LogP contribution in [-0.2, 0) is 68.7 Å². The van der Waals surface area contributed by atoms with Crippen LogP contribution < -0.4 is 4.74 Å². The lowest BCUT2D eigenvalue weighted by Gasteiger charge is -2.32. The highest BCUT2D eigenvalue weighted by Gasteiger charge is 2.71. The molecule has 5 aliphatic carbocycles. The third kappa shape index (κ3) is 17.8. The highest BCUT2D eigenvalue weighted by atomic mass is 16.7. The second-order valence-electron chi connectivity index (χ2n) is 31.0. The Morgan fingerprint density at radius 1 is 0.495 bits per heavy atom. The molecule has 7 aliphatic rings. The van der Waals surface area contributed by atoms with Crippen LogP contribution in [0.15, 0.2) is 72.8 Å². The lowest BCUT2D eigenvalue weighted by atomic mass is 9.78. The molecule has 0 radical (unpaired) electrons. The molecule has 506 valence electrons. The molecule has 4 N–H and O–H groups in total. The van der Waals surface area contributed by atoms with Crippen molar-refractivity contribution in [3.05, 3.63) is 89.5 Å². The van der Waals surface area contributed by atoms with Gasteiger partial charge in [0.1, 0.15) is 41.7 Å². The van der Waals surface area contributed by atoms with E-state index in [0.717, 1.165) is 31.4 Å². The molecule has 7 fully saturated rings. The number of carbonyl (C=O) groups excluding carboxylic acids is 4. The molecule has 3 aromatic rings. The van der Waals surface area contributed by atoms with Gasteiger partial charge in [0.25, 0.3) is 0 Å². The van der Waals surface area contributed by atoms with E-state index in [4.69, 9.17) is 38.6 Å². The highest BCUT2D eigenvalue weighted by molar-refractivity contribution is 5.87. The minimum atomic E-state index is -0.999. The molecule has 2 aliphatic heterocycles. The van der Waals surface area contributed by atoms with Gasteiger partial charge in [-0.3, -0.25) is 28.8 Å². The Labute approximate surface area is 542 Å². The Morgan fingerprint density at radius 2 is 0.835 bits per heavy atom. The van der Waals surface area contributed by atoms with Crippen molar-refractivity contribution in [1.82, 2.24) is 0 Å². The SMILES string of the molecule is CCC(C)(C)C(=O)OC1C2CC3C1OC(=O)C3C2C(=O)O.CCC(C)(C)C(=O)OC1C2CC3C1OC(=O)C3C2C(=O)O.CCC(C)(C)c1ccc(O)cc1.CCC(C)(C)c1ccc(O)cc1.CCC(C)(C)c1ccc(OC(CC(C)(C)C)OC2CCCCC2)cc1. The maximum absolute atomic E-state index is 12.3. The molecule has 2 heterocycles. The third-order valence-corrected chi connectivity index (χ3v) is 21.5. The number of hydrogen-bond acceptors (Lipinski definition) is 14. The van der Waals surface area contributed by atoms with Crippen molar-refractivity contribution in [2.45, 2.75) is 261 Å². The zero-order valence-corrected chi connectivity index (χ0v) is 57.9. The Bertz CT molecular complexity index is 2780. The molecule has 91 heavy (non-hydrogen) atoms. The van der Waals surface area contributed by atoms with Gasteiger partial charge >= 0.3 is 35.8 Å². The molecule has 0 spiro atoms. The minimum Gasteiger partial charge on any atom is -0.508 e. The van der Waals surface area contributed by atoms with Crippen LogP contribution in [0.1, 0.15) is 225 Å². The smallest absolute Gasteiger partial charge is 0.311 e. The Morgan fingerprint density at radius 3 is 1.14 bits per heavy atom. The molecule has 5 saturated carbocycles. The number of hydrogen-bond donors (Lipinski definition) is 4. The quantitative estimate of drug-likeness (QED) is 0.0496. The van der Waals surface area contributed by atoms with Crippen molar-refractivity contribution in [2.75, 3.05) is 0 Å². The predicted octanol–water partition coefficient (Wildman–Crippen LogP) is 15.5. The van der Waals surface area contributed by atoms with Gasteiger partial charge in [-0.1, -0.05) is 153 Å². The number of benzene rings is 3. The van der Waals surface area contributed by atoms with E-state index in [2.05, 4.69) is 107 Å². The number of carbonyl (C=O) groups is 6. The van der Waals surface area contributed by atoms with E-state index in [1.54, 1.807) is 52.0 Å². The van der Waals surface area contributed by atoms with Gasteiger partial charge in [-0.25, -0.2) is 0 Å². The van der Waals surface area contributed by atoms with Crippen molar-refractivity contribution in [2.24, 2.45) is 63.6 Å². The topological polar surface area (TPSA) is 239 Å². The fourth-order valence-electron chi connectivity index (χ4n) is 13.4. The molecule has 16 nitrogen and oxygen atoms in total. The molecule has 3 aromatic carbocycles. The van der Waals surface area contributed by atoms with E-state index in [1.807, 2.05) is 38.1 Å². The molecule has 2 saturated heterocycles. The van der Waals surface area contributed by atoms with Crippen LogP contribution in [0.25, 0.3) is 0 Å². The molecular weight excluding hydrogens is 1160 g/mol. The largest absolute Gasteiger partial charge is 0.508 e. The summed E-state index contributed by atoms with van der Waals surface area (Å²) >= 11 is 0. The Balaban J connectivity index is 0.000000186. The lowest BCUT2D eigenvalue weighted by molar-refractivity contribution is -0.173. The van der Waals surface area contributed by atoms with Crippen LogP contribution in [0.5, 0.6) is 17.2 Å². The normalized spacial score (nSPS) is 26.6. The number of carboxylic acids is 2. The van der Waals surface area contributed by atoms with Gasteiger partial charge in [0, 0.05) is 30.1 Å². The van der Waals surface area contributed by atoms with E-state index in [0.29, 0.717) is 43.3 Å². The van der Waals surface area contributed by atoms with E-state index in [-0.39, 0.29) is 63.6 Å². The molecular formula is C75H110O16. The first-order chi connectivity index (χ1) is 42.4. The number of ether oxygens (including phenoxy) is 6. The van der Waals surface area contributed by atoms with Crippen molar-refractivity contribution in [3.8, 4) is 17.2 Å². The minimum absolute atomic E-state index is 0.119. The van der Waals surface area contributed by atoms with Gasteiger partial charge < -0.3 is 48.8 Å². The van der Waals surface area contributed by atoms with Gasteiger partial charge in [-0.15, -0.1) is 0 Å². The second kappa shape index (κ2) is 29.8. The van der Waals surface area contributed by atoms with Crippen LogP contribution in [0.3, 0.4) is 0 Å². The van der Waals surface area contributed by atoms with E-state index >= 15 is 0 Å². The van der Waals surface area contributed by atoms with Gasteiger partial charge in [0.05, 0.1) is 40.6 Å². The molecule has 10 rings (SSSR count). The summed E-state index contributed by atoms with van der Waals surface area (Å²) in [4.78, 5) is 71.2. The first-order valence-corrected chi connectivity index (χ1v) is 33.7. The number of aliphatic carboxylic acids is 2. The van der Waals surface area contributed by atoms with Gasteiger partial charge in [0.2, 0.25) is 6.29 Å². The summed E-state index contributed by atoms with van der Waals surface area (Å²) in [7, 11) is 0. The Hall–Kier alpha value is -6.16. The predicted molar refractivity (Wildman–Crippen MR) is 349 cm³/mol. The first-order valence-electron chi connectivity index (χ1n) is 33.7. The summed E-state index contributed by atoms with van der Waals surface area (Å²) < 4.78 is 34.4. The number of phenolic OH excluding ortho intramolecular Hbond substituents is 2. The number of carboxylic acid groups (broad SMARTS) is 2. The summed E-state index contributed by atoms with van der Waals surface area (Å²) in [6.07, 6.45) is 11.0. The molecule has 13 atom stereocenters. The summed E-state index contributed by atoms with van der Waals surface area (Å²) in [5, 5.41) is 37.0. The van der Waals surface area contributed by atoms with Crippen molar-refractivity contribution < 1.29 is 77.6 Å². The summed E-state index contributed by atoms with van der Waals surface area (Å²) in [5.41, 5.74) is 3.51. The average molecular weight is 1270 g/mol. The summed E-state index contributed by atoms with van der Waals surface area (Å²) in [5.74, 6) is -5.59. The lowest BCUT2D eigenvalue weighted by Crippen LogP contribution is -2.44.